The van der Waals surface area contributed by atoms with E-state index in [-0.39, 0.29) is 12.3 Å². The van der Waals surface area contributed by atoms with Crippen LogP contribution in [0.15, 0.2) is 48.5 Å². The van der Waals surface area contributed by atoms with Crippen molar-refractivity contribution in [2.45, 2.75) is 31.7 Å². The van der Waals surface area contributed by atoms with E-state index in [1.165, 1.54) is 17.0 Å². The first-order valence-corrected chi connectivity index (χ1v) is 8.73. The van der Waals surface area contributed by atoms with E-state index in [2.05, 4.69) is 5.32 Å². The summed E-state index contributed by atoms with van der Waals surface area (Å²) < 4.78 is 0. The number of nitrogens with one attached hydrogen (secondary N) is 1. The average Bonchev–Trinajstić information content (AvgIpc) is 2.71. The van der Waals surface area contributed by atoms with Crippen LogP contribution in [-0.2, 0) is 29.1 Å². The second kappa shape index (κ2) is 8.20. The monoisotopic (exact) mass is 370 g/mol. The van der Waals surface area contributed by atoms with Crippen molar-refractivity contribution in [2.75, 3.05) is 6.54 Å². The van der Waals surface area contributed by atoms with Crippen molar-refractivity contribution < 1.29 is 24.9 Å². The Balaban J connectivity index is 1.56. The molecule has 7 nitrogen and oxygen atoms in total. The molecule has 0 saturated carbocycles. The lowest BCUT2D eigenvalue weighted by Crippen LogP contribution is -2.51. The molecule has 27 heavy (non-hydrogen) atoms. The lowest BCUT2D eigenvalue weighted by molar-refractivity contribution is -0.153. The van der Waals surface area contributed by atoms with Crippen molar-refractivity contribution in [1.29, 1.82) is 0 Å². The smallest absolute Gasteiger partial charge is 0.255 e. The molecule has 0 bridgehead atoms. The molecule has 3 rings (SSSR count). The summed E-state index contributed by atoms with van der Waals surface area (Å²) in [5, 5.41) is 31.9. The molecule has 4 N–H and O–H groups in total. The Kier molecular flexibility index (Phi) is 5.73. The number of hydrogen-bond acceptors (Lipinski definition) is 5. The van der Waals surface area contributed by atoms with Gasteiger partial charge >= 0.3 is 0 Å². The largest absolute Gasteiger partial charge is 0.508 e. The summed E-state index contributed by atoms with van der Waals surface area (Å²) in [5.41, 5.74) is 2.86. The first-order chi connectivity index (χ1) is 13.0. The summed E-state index contributed by atoms with van der Waals surface area (Å²) in [4.78, 5) is 26.0. The molecule has 1 aliphatic heterocycles. The van der Waals surface area contributed by atoms with Crippen LogP contribution in [0.5, 0.6) is 5.75 Å². The van der Waals surface area contributed by atoms with E-state index in [1.807, 2.05) is 24.3 Å². The lowest BCUT2D eigenvalue weighted by atomic mass is 9.99. The zero-order valence-electron chi connectivity index (χ0n) is 14.7. The molecule has 7 heteroatoms. The van der Waals surface area contributed by atoms with Gasteiger partial charge in [0.1, 0.15) is 5.75 Å². The number of hydrogen-bond donors (Lipinski definition) is 4. The standard InChI is InChI=1S/C20H22N2O5/c23-16-7-5-13(6-8-16)11-21-19(26)17(24)18(25)20(27)22-10-9-14-3-1-2-4-15(14)12-22/h1-8,17-18,23-25H,9-12H2,(H,21,26)/t17-,18-/m1/s1. The summed E-state index contributed by atoms with van der Waals surface area (Å²) in [7, 11) is 0. The summed E-state index contributed by atoms with van der Waals surface area (Å²) >= 11 is 0. The van der Waals surface area contributed by atoms with Crippen LogP contribution in [0.4, 0.5) is 0 Å². The summed E-state index contributed by atoms with van der Waals surface area (Å²) in [6, 6.07) is 13.9. The maximum Gasteiger partial charge on any atom is 0.255 e. The average molecular weight is 370 g/mol. The van der Waals surface area contributed by atoms with Crippen LogP contribution in [0.3, 0.4) is 0 Å². The number of aromatic hydroxyl groups is 1. The van der Waals surface area contributed by atoms with Crippen LogP contribution in [0.1, 0.15) is 16.7 Å². The van der Waals surface area contributed by atoms with Gasteiger partial charge in [0.2, 0.25) is 0 Å². The van der Waals surface area contributed by atoms with Gasteiger partial charge < -0.3 is 25.5 Å². The van der Waals surface area contributed by atoms with Crippen LogP contribution in [0.2, 0.25) is 0 Å². The SMILES string of the molecule is O=C(NCc1ccc(O)cc1)[C@H](O)[C@@H](O)C(=O)N1CCc2ccccc2C1. The van der Waals surface area contributed by atoms with E-state index in [9.17, 15) is 24.9 Å². The Morgan fingerprint density at radius 1 is 1.00 bits per heavy atom. The van der Waals surface area contributed by atoms with Crippen LogP contribution in [0, 0.1) is 0 Å². The molecule has 2 atom stereocenters. The maximum atomic E-state index is 12.5. The molecule has 1 heterocycles. The molecule has 2 aromatic carbocycles. The molecule has 0 radical (unpaired) electrons. The van der Waals surface area contributed by atoms with Gasteiger partial charge in [-0.05, 0) is 35.2 Å². The quantitative estimate of drug-likeness (QED) is 0.606. The Labute approximate surface area is 156 Å². The number of carbonyl (C=O) groups is 2. The fraction of sp³-hybridized carbons (Fsp3) is 0.300. The molecule has 0 fully saturated rings. The lowest BCUT2D eigenvalue weighted by Gasteiger charge is -2.31. The van der Waals surface area contributed by atoms with Gasteiger partial charge in [0.15, 0.2) is 12.2 Å². The number of phenols is 1. The van der Waals surface area contributed by atoms with E-state index in [0.717, 1.165) is 11.1 Å². The van der Waals surface area contributed by atoms with Gasteiger partial charge in [0.25, 0.3) is 11.8 Å². The maximum absolute atomic E-state index is 12.5. The Morgan fingerprint density at radius 3 is 2.37 bits per heavy atom. The molecule has 0 aromatic heterocycles. The second-order valence-corrected chi connectivity index (χ2v) is 6.55. The number of aliphatic hydroxyl groups excluding tert-OH is 2. The predicted octanol–water partition coefficient (Wildman–Crippen LogP) is 0.315. The fourth-order valence-electron chi connectivity index (χ4n) is 3.06. The highest BCUT2D eigenvalue weighted by atomic mass is 16.3. The minimum Gasteiger partial charge on any atom is -0.508 e. The van der Waals surface area contributed by atoms with Gasteiger partial charge in [0, 0.05) is 19.6 Å². The molecule has 142 valence electrons. The minimum absolute atomic E-state index is 0.105. The van der Waals surface area contributed by atoms with Crippen molar-refractivity contribution in [3.05, 3.63) is 65.2 Å². The molecule has 0 spiro atoms. The van der Waals surface area contributed by atoms with Gasteiger partial charge in [-0.3, -0.25) is 9.59 Å². The van der Waals surface area contributed by atoms with E-state index >= 15 is 0 Å². The van der Waals surface area contributed by atoms with Gasteiger partial charge in [-0.15, -0.1) is 0 Å². The third-order valence-corrected chi connectivity index (χ3v) is 4.67. The minimum atomic E-state index is -1.85. The molecule has 0 aliphatic carbocycles. The van der Waals surface area contributed by atoms with Crippen molar-refractivity contribution in [1.82, 2.24) is 10.2 Å². The van der Waals surface area contributed by atoms with Gasteiger partial charge in [-0.25, -0.2) is 0 Å². The number of phenolic OH excluding ortho intramolecular Hbond substituents is 1. The highest BCUT2D eigenvalue weighted by Gasteiger charge is 2.34. The van der Waals surface area contributed by atoms with Crippen LogP contribution >= 0.6 is 0 Å². The van der Waals surface area contributed by atoms with Crippen LogP contribution in [0.25, 0.3) is 0 Å². The van der Waals surface area contributed by atoms with E-state index in [4.69, 9.17) is 0 Å². The Bertz CT molecular complexity index is 821. The molecule has 0 unspecified atom stereocenters. The number of nitrogens with zero attached hydrogens (tertiary/aromatic N) is 1. The first kappa shape index (κ1) is 18.9. The molecule has 2 amide bonds. The number of benzene rings is 2. The Hall–Kier alpha value is -2.90. The third kappa shape index (κ3) is 4.45. The number of carbonyl (C=O) groups excluding carboxylic acids is 2. The Morgan fingerprint density at radius 2 is 1.67 bits per heavy atom. The van der Waals surface area contributed by atoms with Crippen molar-refractivity contribution in [3.63, 3.8) is 0 Å². The summed E-state index contributed by atoms with van der Waals surface area (Å²) in [6.45, 7) is 0.872. The number of rotatable bonds is 5. The van der Waals surface area contributed by atoms with Crippen LogP contribution < -0.4 is 5.32 Å². The molecule has 2 aromatic rings. The fourth-order valence-corrected chi connectivity index (χ4v) is 3.06. The normalized spacial score (nSPS) is 15.6. The van der Waals surface area contributed by atoms with E-state index in [1.54, 1.807) is 12.1 Å². The first-order valence-electron chi connectivity index (χ1n) is 8.73. The molecular formula is C20H22N2O5. The zero-order chi connectivity index (χ0) is 19.4. The van der Waals surface area contributed by atoms with Crippen molar-refractivity contribution >= 4 is 11.8 Å². The molecular weight excluding hydrogens is 348 g/mol. The van der Waals surface area contributed by atoms with Gasteiger partial charge in [0.05, 0.1) is 0 Å². The highest BCUT2D eigenvalue weighted by molar-refractivity contribution is 5.90. The van der Waals surface area contributed by atoms with E-state index < -0.39 is 24.0 Å². The van der Waals surface area contributed by atoms with Gasteiger partial charge in [-0.1, -0.05) is 36.4 Å². The number of aliphatic hydroxyl groups is 2. The summed E-state index contributed by atoms with van der Waals surface area (Å²) in [5.74, 6) is -1.40. The topological polar surface area (TPSA) is 110 Å². The van der Waals surface area contributed by atoms with E-state index in [0.29, 0.717) is 25.1 Å². The molecule has 1 aliphatic rings. The zero-order valence-corrected chi connectivity index (χ0v) is 14.7. The van der Waals surface area contributed by atoms with Crippen molar-refractivity contribution in [2.24, 2.45) is 0 Å². The second-order valence-electron chi connectivity index (χ2n) is 6.55. The highest BCUT2D eigenvalue weighted by Crippen LogP contribution is 2.19. The summed E-state index contributed by atoms with van der Waals surface area (Å²) in [6.07, 6.45) is -3.01. The predicted molar refractivity (Wildman–Crippen MR) is 97.5 cm³/mol. The van der Waals surface area contributed by atoms with Crippen molar-refractivity contribution in [3.8, 4) is 5.75 Å². The molecule has 0 saturated heterocycles. The van der Waals surface area contributed by atoms with Gasteiger partial charge in [-0.2, -0.15) is 0 Å². The number of amides is 2. The number of fused-ring (bicyclic) bond motifs is 1. The van der Waals surface area contributed by atoms with Crippen LogP contribution in [-0.4, -0.2) is 50.8 Å². The third-order valence-electron chi connectivity index (χ3n) is 4.67.